The van der Waals surface area contributed by atoms with Gasteiger partial charge in [0.15, 0.2) is 0 Å². The number of nitrogens with zero attached hydrogens (tertiary/aromatic N) is 2. The van der Waals surface area contributed by atoms with Crippen molar-refractivity contribution in [3.63, 3.8) is 0 Å². The first-order valence-corrected chi connectivity index (χ1v) is 19.7. The summed E-state index contributed by atoms with van der Waals surface area (Å²) in [5.41, 5.74) is 14.7. The monoisotopic (exact) mass is 742 g/mol. The number of hydrogen-bond donors (Lipinski definition) is 0. The average molecular weight is 743 g/mol. The van der Waals surface area contributed by atoms with Gasteiger partial charge >= 0.3 is 0 Å². The molecule has 0 unspecified atom stereocenters. The molecule has 0 spiro atoms. The Balaban J connectivity index is 0.988. The van der Waals surface area contributed by atoms with Crippen molar-refractivity contribution in [2.75, 3.05) is 4.90 Å². The molecule has 9 aromatic carbocycles. The molecule has 0 aliphatic heterocycles. The van der Waals surface area contributed by atoms with E-state index in [2.05, 4.69) is 191 Å². The van der Waals surface area contributed by atoms with Gasteiger partial charge in [0.1, 0.15) is 22.3 Å². The first-order valence-electron chi connectivity index (χ1n) is 19.7. The molecule has 12 aromatic rings. The van der Waals surface area contributed by atoms with Gasteiger partial charge in [-0.3, -0.25) is 0 Å². The summed E-state index contributed by atoms with van der Waals surface area (Å²) >= 11 is 0. The summed E-state index contributed by atoms with van der Waals surface area (Å²) in [5, 5.41) is 7.00. The minimum atomic E-state index is 0.895. The van der Waals surface area contributed by atoms with E-state index < -0.39 is 0 Å². The minimum Gasteiger partial charge on any atom is -0.456 e. The molecule has 0 aliphatic carbocycles. The molecule has 0 saturated heterocycles. The van der Waals surface area contributed by atoms with Gasteiger partial charge in [-0.2, -0.15) is 0 Å². The van der Waals surface area contributed by atoms with Crippen molar-refractivity contribution in [1.82, 2.24) is 4.57 Å². The second-order valence-electron chi connectivity index (χ2n) is 14.9. The standard InChI is InChI=1S/C54H34N2O2/c1-5-19-49-43(13-1)44-14-2-6-20-50(44)56(49)40-30-28-39(29-31-40)55(38-26-23-35(24-27-38)36-25-32-53-48(34-36)46-16-4-7-21-51(46)57-53)41-12-9-11-37(33-41)42-17-10-18-47-45-15-3-8-22-52(45)58-54(42)47/h1-34H. The van der Waals surface area contributed by atoms with Crippen molar-refractivity contribution in [3.8, 4) is 27.9 Å². The lowest BCUT2D eigenvalue weighted by Gasteiger charge is -2.26. The highest BCUT2D eigenvalue weighted by atomic mass is 16.3. The molecule has 0 aliphatic rings. The first kappa shape index (κ1) is 32.4. The van der Waals surface area contributed by atoms with E-state index in [1.54, 1.807) is 0 Å². The third kappa shape index (κ3) is 5.09. The summed E-state index contributed by atoms with van der Waals surface area (Å²) in [4.78, 5) is 2.34. The van der Waals surface area contributed by atoms with Crippen LogP contribution in [0.3, 0.4) is 0 Å². The van der Waals surface area contributed by atoms with Crippen LogP contribution < -0.4 is 4.90 Å². The number of aromatic nitrogens is 1. The Bertz CT molecular complexity index is 3460. The molecule has 0 radical (unpaired) electrons. The summed E-state index contributed by atoms with van der Waals surface area (Å²) in [6.45, 7) is 0. The molecular formula is C54H34N2O2. The summed E-state index contributed by atoms with van der Waals surface area (Å²) in [5.74, 6) is 0. The molecule has 0 N–H and O–H groups in total. The molecule has 58 heavy (non-hydrogen) atoms. The summed E-state index contributed by atoms with van der Waals surface area (Å²) in [7, 11) is 0. The third-order valence-corrected chi connectivity index (χ3v) is 11.6. The Hall–Kier alpha value is -7.82. The van der Waals surface area contributed by atoms with Crippen molar-refractivity contribution in [2.45, 2.75) is 0 Å². The number of rotatable bonds is 6. The number of benzene rings is 9. The Morgan fingerprint density at radius 1 is 0.328 bits per heavy atom. The van der Waals surface area contributed by atoms with Gasteiger partial charge in [0.25, 0.3) is 0 Å². The van der Waals surface area contributed by atoms with Crippen LogP contribution in [-0.4, -0.2) is 4.57 Å². The fourth-order valence-electron chi connectivity index (χ4n) is 8.89. The minimum absolute atomic E-state index is 0.895. The highest BCUT2D eigenvalue weighted by molar-refractivity contribution is 6.11. The average Bonchev–Trinajstić information content (AvgIpc) is 3.97. The zero-order chi connectivity index (χ0) is 38.2. The number of hydrogen-bond acceptors (Lipinski definition) is 3. The van der Waals surface area contributed by atoms with Crippen LogP contribution in [0.5, 0.6) is 0 Å². The molecule has 0 saturated carbocycles. The van der Waals surface area contributed by atoms with Crippen LogP contribution in [0.4, 0.5) is 17.1 Å². The van der Waals surface area contributed by atoms with Gasteiger partial charge in [-0.05, 0) is 102 Å². The van der Waals surface area contributed by atoms with E-state index in [4.69, 9.17) is 8.83 Å². The third-order valence-electron chi connectivity index (χ3n) is 11.6. The zero-order valence-electron chi connectivity index (χ0n) is 31.3. The second kappa shape index (κ2) is 12.9. The summed E-state index contributed by atoms with van der Waals surface area (Å²) in [6, 6.07) is 73.3. The van der Waals surface area contributed by atoms with Gasteiger partial charge < -0.3 is 18.3 Å². The van der Waals surface area contributed by atoms with E-state index in [1.807, 2.05) is 24.3 Å². The molecular weight excluding hydrogens is 709 g/mol. The largest absolute Gasteiger partial charge is 0.456 e. The highest BCUT2D eigenvalue weighted by Crippen LogP contribution is 2.42. The van der Waals surface area contributed by atoms with E-state index in [-0.39, 0.29) is 0 Å². The topological polar surface area (TPSA) is 34.5 Å². The maximum absolute atomic E-state index is 6.50. The predicted molar refractivity (Wildman–Crippen MR) is 241 cm³/mol. The Morgan fingerprint density at radius 2 is 0.879 bits per heavy atom. The van der Waals surface area contributed by atoms with Crippen LogP contribution in [0.2, 0.25) is 0 Å². The summed E-state index contributed by atoms with van der Waals surface area (Å²) in [6.07, 6.45) is 0. The maximum Gasteiger partial charge on any atom is 0.143 e. The molecule has 4 nitrogen and oxygen atoms in total. The van der Waals surface area contributed by atoms with Crippen LogP contribution in [0, 0.1) is 0 Å². The van der Waals surface area contributed by atoms with Crippen LogP contribution in [0.15, 0.2) is 215 Å². The molecule has 3 heterocycles. The van der Waals surface area contributed by atoms with Gasteiger partial charge in [0.05, 0.1) is 11.0 Å². The molecule has 12 rings (SSSR count). The molecule has 0 amide bonds. The van der Waals surface area contributed by atoms with Gasteiger partial charge in [0, 0.05) is 60.6 Å². The van der Waals surface area contributed by atoms with E-state index >= 15 is 0 Å². The van der Waals surface area contributed by atoms with E-state index in [1.165, 1.54) is 21.8 Å². The Kier molecular flexibility index (Phi) is 7.20. The number of para-hydroxylation sites is 5. The van der Waals surface area contributed by atoms with Crippen LogP contribution in [0.25, 0.3) is 93.6 Å². The van der Waals surface area contributed by atoms with Crippen LogP contribution in [0.1, 0.15) is 0 Å². The van der Waals surface area contributed by atoms with Crippen molar-refractivity contribution in [1.29, 1.82) is 0 Å². The second-order valence-corrected chi connectivity index (χ2v) is 14.9. The fourth-order valence-corrected chi connectivity index (χ4v) is 8.89. The highest BCUT2D eigenvalue weighted by Gasteiger charge is 2.18. The lowest BCUT2D eigenvalue weighted by molar-refractivity contribution is 0.669. The molecule has 3 aromatic heterocycles. The predicted octanol–water partition coefficient (Wildman–Crippen LogP) is 15.4. The van der Waals surface area contributed by atoms with Crippen molar-refractivity contribution in [2.24, 2.45) is 0 Å². The van der Waals surface area contributed by atoms with Crippen LogP contribution in [-0.2, 0) is 0 Å². The van der Waals surface area contributed by atoms with Gasteiger partial charge in [0.2, 0.25) is 0 Å². The lowest BCUT2D eigenvalue weighted by Crippen LogP contribution is -2.10. The lowest BCUT2D eigenvalue weighted by atomic mass is 10.0. The van der Waals surface area contributed by atoms with E-state index in [0.29, 0.717) is 0 Å². The van der Waals surface area contributed by atoms with Gasteiger partial charge in [-0.25, -0.2) is 0 Å². The number of furan rings is 2. The van der Waals surface area contributed by atoms with Gasteiger partial charge in [-0.1, -0.05) is 121 Å². The van der Waals surface area contributed by atoms with E-state index in [0.717, 1.165) is 88.9 Å². The van der Waals surface area contributed by atoms with Crippen molar-refractivity contribution >= 4 is 82.7 Å². The molecule has 0 bridgehead atoms. The quantitative estimate of drug-likeness (QED) is 0.170. The van der Waals surface area contributed by atoms with Crippen LogP contribution >= 0.6 is 0 Å². The van der Waals surface area contributed by atoms with Crippen molar-refractivity contribution in [3.05, 3.63) is 206 Å². The van der Waals surface area contributed by atoms with E-state index in [9.17, 15) is 0 Å². The van der Waals surface area contributed by atoms with Gasteiger partial charge in [-0.15, -0.1) is 0 Å². The first-order chi connectivity index (χ1) is 28.7. The zero-order valence-corrected chi connectivity index (χ0v) is 31.3. The van der Waals surface area contributed by atoms with Crippen molar-refractivity contribution < 1.29 is 8.83 Å². The molecule has 272 valence electrons. The molecule has 4 heteroatoms. The molecule has 0 fully saturated rings. The maximum atomic E-state index is 6.50. The normalized spacial score (nSPS) is 11.8. The Morgan fingerprint density at radius 3 is 1.60 bits per heavy atom. The SMILES string of the molecule is c1cc(-c2cccc3c2oc2ccccc23)cc(N(c2ccc(-c3ccc4oc5ccccc5c4c3)cc2)c2ccc(-n3c4ccccc4c4ccccc43)cc2)c1. The number of anilines is 3. The number of fused-ring (bicyclic) bond motifs is 9. The smallest absolute Gasteiger partial charge is 0.143 e. The fraction of sp³-hybridized carbons (Fsp3) is 0. The Labute approximate surface area is 334 Å². The summed E-state index contributed by atoms with van der Waals surface area (Å²) < 4.78 is 15.0. The molecule has 0 atom stereocenters.